The number of halogens is 2. The molecule has 74 valence electrons. The highest BCUT2D eigenvalue weighted by molar-refractivity contribution is 5.42. The van der Waals surface area contributed by atoms with E-state index >= 15 is 0 Å². The molecule has 2 aromatic rings. The van der Waals surface area contributed by atoms with Gasteiger partial charge >= 0.3 is 0 Å². The summed E-state index contributed by atoms with van der Waals surface area (Å²) in [6, 6.07) is 0.840. The van der Waals surface area contributed by atoms with E-state index in [1.807, 2.05) is 13.8 Å². The standard InChI is InChI=1S/C10H10F2N2/c1-6(2)9-4-13-10-8(12)3-7(11)5-14(9)10/h3-6H,1-2H3. The van der Waals surface area contributed by atoms with Crippen LogP contribution in [0.5, 0.6) is 0 Å². The van der Waals surface area contributed by atoms with E-state index in [-0.39, 0.29) is 11.6 Å². The minimum Gasteiger partial charge on any atom is -0.298 e. The average molecular weight is 196 g/mol. The summed E-state index contributed by atoms with van der Waals surface area (Å²) >= 11 is 0. The van der Waals surface area contributed by atoms with Gasteiger partial charge in [-0.05, 0) is 5.92 Å². The molecule has 0 amide bonds. The Balaban J connectivity index is 2.78. The lowest BCUT2D eigenvalue weighted by atomic mass is 10.1. The molecule has 0 spiro atoms. The van der Waals surface area contributed by atoms with Gasteiger partial charge in [0.05, 0.1) is 0 Å². The third-order valence-electron chi connectivity index (χ3n) is 2.15. The molecular formula is C10H10F2N2. The summed E-state index contributed by atoms with van der Waals surface area (Å²) in [5.41, 5.74) is 0.980. The van der Waals surface area contributed by atoms with Gasteiger partial charge in [-0.25, -0.2) is 13.8 Å². The van der Waals surface area contributed by atoms with Crippen LogP contribution >= 0.6 is 0 Å². The maximum Gasteiger partial charge on any atom is 0.173 e. The maximum absolute atomic E-state index is 13.2. The predicted molar refractivity (Wildman–Crippen MR) is 49.2 cm³/mol. The Morgan fingerprint density at radius 1 is 1.36 bits per heavy atom. The van der Waals surface area contributed by atoms with Crippen molar-refractivity contribution in [2.24, 2.45) is 0 Å². The number of hydrogen-bond donors (Lipinski definition) is 0. The first-order valence-corrected chi connectivity index (χ1v) is 4.41. The largest absolute Gasteiger partial charge is 0.298 e. The number of fused-ring (bicyclic) bond motifs is 1. The SMILES string of the molecule is CC(C)c1cnc2c(F)cc(F)cn12. The molecule has 0 N–H and O–H groups in total. The van der Waals surface area contributed by atoms with E-state index in [0.29, 0.717) is 0 Å². The van der Waals surface area contributed by atoms with Gasteiger partial charge in [-0.3, -0.25) is 4.40 Å². The van der Waals surface area contributed by atoms with Crippen molar-refractivity contribution in [2.75, 3.05) is 0 Å². The summed E-state index contributed by atoms with van der Waals surface area (Å²) in [5, 5.41) is 0. The third-order valence-corrected chi connectivity index (χ3v) is 2.15. The van der Waals surface area contributed by atoms with Crippen molar-refractivity contribution in [3.8, 4) is 0 Å². The first-order valence-electron chi connectivity index (χ1n) is 4.41. The zero-order chi connectivity index (χ0) is 10.3. The van der Waals surface area contributed by atoms with Crippen LogP contribution in [0.15, 0.2) is 18.5 Å². The first kappa shape index (κ1) is 9.12. The summed E-state index contributed by atoms with van der Waals surface area (Å²) in [7, 11) is 0. The van der Waals surface area contributed by atoms with Crippen molar-refractivity contribution in [3.63, 3.8) is 0 Å². The molecule has 4 heteroatoms. The summed E-state index contributed by atoms with van der Waals surface area (Å²) in [6.45, 7) is 3.90. The van der Waals surface area contributed by atoms with Crippen LogP contribution in [0.4, 0.5) is 8.78 Å². The molecule has 0 aliphatic heterocycles. The molecule has 0 saturated heterocycles. The van der Waals surface area contributed by atoms with E-state index in [9.17, 15) is 8.78 Å². The zero-order valence-electron chi connectivity index (χ0n) is 7.96. The van der Waals surface area contributed by atoms with Crippen molar-refractivity contribution in [2.45, 2.75) is 19.8 Å². The molecule has 0 aromatic carbocycles. The van der Waals surface area contributed by atoms with E-state index in [1.54, 1.807) is 6.20 Å². The molecule has 14 heavy (non-hydrogen) atoms. The van der Waals surface area contributed by atoms with Crippen LogP contribution in [0.1, 0.15) is 25.5 Å². The van der Waals surface area contributed by atoms with Crippen LogP contribution in [0.25, 0.3) is 5.65 Å². The fourth-order valence-corrected chi connectivity index (χ4v) is 1.46. The van der Waals surface area contributed by atoms with Crippen LogP contribution in [-0.2, 0) is 0 Å². The molecule has 0 unspecified atom stereocenters. The molecule has 0 fully saturated rings. The third kappa shape index (κ3) is 1.27. The summed E-state index contributed by atoms with van der Waals surface area (Å²) in [6.07, 6.45) is 2.82. The lowest BCUT2D eigenvalue weighted by molar-refractivity contribution is 0.574. The van der Waals surface area contributed by atoms with Gasteiger partial charge in [-0.2, -0.15) is 0 Å². The Kier molecular flexibility index (Phi) is 1.98. The van der Waals surface area contributed by atoms with E-state index in [0.717, 1.165) is 11.8 Å². The van der Waals surface area contributed by atoms with Gasteiger partial charge in [0.15, 0.2) is 11.5 Å². The Morgan fingerprint density at radius 3 is 2.71 bits per heavy atom. The number of nitrogens with zero attached hydrogens (tertiary/aromatic N) is 2. The van der Waals surface area contributed by atoms with E-state index in [4.69, 9.17) is 0 Å². The minimum atomic E-state index is -0.628. The molecule has 2 rings (SSSR count). The first-order chi connectivity index (χ1) is 6.59. The van der Waals surface area contributed by atoms with Gasteiger partial charge < -0.3 is 0 Å². The molecule has 2 heterocycles. The van der Waals surface area contributed by atoms with Crippen LogP contribution in [0, 0.1) is 11.6 Å². The highest BCUT2D eigenvalue weighted by Crippen LogP contribution is 2.18. The Labute approximate surface area is 80.2 Å². The van der Waals surface area contributed by atoms with Crippen LogP contribution in [0.2, 0.25) is 0 Å². The number of pyridine rings is 1. The molecule has 0 aliphatic carbocycles. The average Bonchev–Trinajstić information content (AvgIpc) is 2.47. The van der Waals surface area contributed by atoms with Gasteiger partial charge in [0, 0.05) is 24.2 Å². The topological polar surface area (TPSA) is 17.3 Å². The molecule has 0 bridgehead atoms. The van der Waals surface area contributed by atoms with Crippen molar-refractivity contribution in [3.05, 3.63) is 35.8 Å². The van der Waals surface area contributed by atoms with Gasteiger partial charge in [-0.15, -0.1) is 0 Å². The van der Waals surface area contributed by atoms with E-state index in [2.05, 4.69) is 4.98 Å². The second-order valence-electron chi connectivity index (χ2n) is 3.54. The van der Waals surface area contributed by atoms with Crippen LogP contribution < -0.4 is 0 Å². The van der Waals surface area contributed by atoms with E-state index < -0.39 is 11.6 Å². The van der Waals surface area contributed by atoms with Gasteiger partial charge in [0.2, 0.25) is 0 Å². The Morgan fingerprint density at radius 2 is 2.07 bits per heavy atom. The zero-order valence-corrected chi connectivity index (χ0v) is 7.96. The Hall–Kier alpha value is -1.45. The monoisotopic (exact) mass is 196 g/mol. The number of aromatic nitrogens is 2. The summed E-state index contributed by atoms with van der Waals surface area (Å²) < 4.78 is 27.6. The lowest BCUT2D eigenvalue weighted by Crippen LogP contribution is -1.97. The van der Waals surface area contributed by atoms with Crippen molar-refractivity contribution in [1.82, 2.24) is 9.38 Å². The predicted octanol–water partition coefficient (Wildman–Crippen LogP) is 2.74. The second-order valence-corrected chi connectivity index (χ2v) is 3.54. The maximum atomic E-state index is 13.2. The van der Waals surface area contributed by atoms with Crippen molar-refractivity contribution in [1.29, 1.82) is 0 Å². The summed E-state index contributed by atoms with van der Waals surface area (Å²) in [5.74, 6) is -1.03. The van der Waals surface area contributed by atoms with Gasteiger partial charge in [0.1, 0.15) is 5.82 Å². The normalized spacial score (nSPS) is 11.5. The highest BCUT2D eigenvalue weighted by atomic mass is 19.1. The van der Waals surface area contributed by atoms with Crippen LogP contribution in [-0.4, -0.2) is 9.38 Å². The van der Waals surface area contributed by atoms with Gasteiger partial charge in [-0.1, -0.05) is 13.8 Å². The number of hydrogen-bond acceptors (Lipinski definition) is 1. The minimum absolute atomic E-state index is 0.176. The van der Waals surface area contributed by atoms with Gasteiger partial charge in [0.25, 0.3) is 0 Å². The van der Waals surface area contributed by atoms with Crippen LogP contribution in [0.3, 0.4) is 0 Å². The molecule has 0 saturated carbocycles. The molecule has 0 radical (unpaired) electrons. The molecule has 0 atom stereocenters. The Bertz CT molecular complexity index is 474. The smallest absolute Gasteiger partial charge is 0.173 e. The summed E-state index contributed by atoms with van der Waals surface area (Å²) in [4.78, 5) is 3.90. The highest BCUT2D eigenvalue weighted by Gasteiger charge is 2.11. The number of rotatable bonds is 1. The van der Waals surface area contributed by atoms with Crippen molar-refractivity contribution < 1.29 is 8.78 Å². The van der Waals surface area contributed by atoms with Crippen molar-refractivity contribution >= 4 is 5.65 Å². The lowest BCUT2D eigenvalue weighted by Gasteiger charge is -2.04. The van der Waals surface area contributed by atoms with E-state index in [1.165, 1.54) is 10.6 Å². The molecular weight excluding hydrogens is 186 g/mol. The molecule has 2 aromatic heterocycles. The molecule has 0 aliphatic rings. The fraction of sp³-hybridized carbons (Fsp3) is 0.300. The quantitative estimate of drug-likeness (QED) is 0.685. The second kappa shape index (κ2) is 3.04. The molecule has 2 nitrogen and oxygen atoms in total. The fourth-order valence-electron chi connectivity index (χ4n) is 1.46. The number of imidazole rings is 1.